The molecule has 5 heteroatoms. The lowest BCUT2D eigenvalue weighted by atomic mass is 9.85. The fourth-order valence-corrected chi connectivity index (χ4v) is 5.95. The van der Waals surface area contributed by atoms with Crippen molar-refractivity contribution in [1.29, 1.82) is 0 Å². The van der Waals surface area contributed by atoms with Crippen molar-refractivity contribution < 1.29 is 18.8 Å². The van der Waals surface area contributed by atoms with E-state index < -0.39 is 5.97 Å². The minimum absolute atomic E-state index is 0.112. The molecule has 5 nitrogen and oxygen atoms in total. The number of hydrogen-bond donors (Lipinski definition) is 0. The molecule has 2 aliphatic rings. The fraction of sp³-hybridized carbons (Fsp3) is 0.303. The van der Waals surface area contributed by atoms with Crippen molar-refractivity contribution in [3.05, 3.63) is 94.7 Å². The zero-order chi connectivity index (χ0) is 26.1. The number of carbonyl (C=O) groups is 2. The molecule has 0 amide bonds. The summed E-state index contributed by atoms with van der Waals surface area (Å²) in [5.41, 5.74) is 7.79. The molecular formula is C33H31NO4. The Balaban J connectivity index is 1.23. The highest BCUT2D eigenvalue weighted by atomic mass is 16.7. The van der Waals surface area contributed by atoms with E-state index in [1.165, 1.54) is 50.2 Å². The molecule has 0 radical (unpaired) electrons. The Morgan fingerprint density at radius 3 is 2.34 bits per heavy atom. The molecule has 0 N–H and O–H groups in total. The Morgan fingerprint density at radius 1 is 0.895 bits per heavy atom. The highest BCUT2D eigenvalue weighted by molar-refractivity contribution is 6.09. The van der Waals surface area contributed by atoms with Gasteiger partial charge in [-0.3, -0.25) is 4.79 Å². The van der Waals surface area contributed by atoms with Gasteiger partial charge in [0.15, 0.2) is 5.76 Å². The van der Waals surface area contributed by atoms with E-state index >= 15 is 0 Å². The lowest BCUT2D eigenvalue weighted by Crippen LogP contribution is -2.11. The van der Waals surface area contributed by atoms with Gasteiger partial charge in [-0.25, -0.2) is 4.79 Å². The van der Waals surface area contributed by atoms with Crippen LogP contribution in [0.15, 0.2) is 76.3 Å². The van der Waals surface area contributed by atoms with Gasteiger partial charge in [-0.05, 0) is 77.3 Å². The zero-order valence-electron chi connectivity index (χ0n) is 21.7. The third-order valence-corrected chi connectivity index (χ3v) is 7.92. The molecule has 0 atom stereocenters. The van der Waals surface area contributed by atoms with Crippen LogP contribution in [0.25, 0.3) is 22.1 Å². The molecule has 1 saturated carbocycles. The van der Waals surface area contributed by atoms with Crippen LogP contribution in [-0.2, 0) is 16.1 Å². The first-order valence-electron chi connectivity index (χ1n) is 13.6. The second kappa shape index (κ2) is 10.4. The van der Waals surface area contributed by atoms with E-state index in [2.05, 4.69) is 23.4 Å². The van der Waals surface area contributed by atoms with E-state index in [0.717, 1.165) is 47.1 Å². The van der Waals surface area contributed by atoms with Gasteiger partial charge in [-0.1, -0.05) is 79.7 Å². The van der Waals surface area contributed by atoms with E-state index in [0.29, 0.717) is 22.8 Å². The van der Waals surface area contributed by atoms with Crippen LogP contribution < -0.4 is 0 Å². The highest BCUT2D eigenvalue weighted by Gasteiger charge is 2.23. The van der Waals surface area contributed by atoms with Crippen LogP contribution in [0.1, 0.15) is 84.7 Å². The minimum Gasteiger partial charge on any atom is -0.453 e. The number of hydrogen-bond acceptors (Lipinski definition) is 5. The third-order valence-electron chi connectivity index (χ3n) is 7.92. The van der Waals surface area contributed by atoms with E-state index in [-0.39, 0.29) is 5.78 Å². The van der Waals surface area contributed by atoms with Crippen LogP contribution in [0.4, 0.5) is 0 Å². The number of ketones is 1. The maximum atomic E-state index is 13.2. The van der Waals surface area contributed by atoms with Crippen LogP contribution in [0.5, 0.6) is 0 Å². The van der Waals surface area contributed by atoms with E-state index in [4.69, 9.17) is 9.25 Å². The van der Waals surface area contributed by atoms with Crippen molar-refractivity contribution in [2.45, 2.75) is 58.3 Å². The Hall–Kier alpha value is -3.99. The van der Waals surface area contributed by atoms with Crippen molar-refractivity contribution in [2.75, 3.05) is 0 Å². The summed E-state index contributed by atoms with van der Waals surface area (Å²) >= 11 is 0. The van der Waals surface area contributed by atoms with Gasteiger partial charge in [0.2, 0.25) is 5.78 Å². The lowest BCUT2D eigenvalue weighted by molar-refractivity contribution is -0.140. The molecule has 0 spiro atoms. The number of rotatable bonds is 7. The predicted octanol–water partition coefficient (Wildman–Crippen LogP) is 7.86. The van der Waals surface area contributed by atoms with Gasteiger partial charge in [-0.2, -0.15) is 0 Å². The summed E-state index contributed by atoms with van der Waals surface area (Å²) in [4.78, 5) is 29.8. The van der Waals surface area contributed by atoms with Gasteiger partial charge in [0.05, 0.1) is 5.71 Å². The number of furan rings is 1. The van der Waals surface area contributed by atoms with Crippen molar-refractivity contribution >= 4 is 28.4 Å². The third kappa shape index (κ3) is 4.93. The summed E-state index contributed by atoms with van der Waals surface area (Å²) in [7, 11) is 0. The largest absolute Gasteiger partial charge is 0.453 e. The highest BCUT2D eigenvalue weighted by Crippen LogP contribution is 2.38. The number of benzene rings is 3. The summed E-state index contributed by atoms with van der Waals surface area (Å²) < 4.78 is 5.82. The van der Waals surface area contributed by atoms with E-state index in [1.807, 2.05) is 48.5 Å². The first-order chi connectivity index (χ1) is 18.5. The van der Waals surface area contributed by atoms with Crippen LogP contribution in [0.3, 0.4) is 0 Å². The first-order valence-corrected chi connectivity index (χ1v) is 13.6. The summed E-state index contributed by atoms with van der Waals surface area (Å²) in [5.74, 6) is 0.551. The van der Waals surface area contributed by atoms with Crippen LogP contribution in [-0.4, -0.2) is 17.5 Å². The van der Waals surface area contributed by atoms with Crippen LogP contribution in [0, 0.1) is 5.92 Å². The van der Waals surface area contributed by atoms with E-state index in [1.54, 1.807) is 0 Å². The maximum absolute atomic E-state index is 13.2. The Kier molecular flexibility index (Phi) is 6.67. The zero-order valence-corrected chi connectivity index (χ0v) is 21.7. The number of para-hydroxylation sites is 1. The van der Waals surface area contributed by atoms with Crippen molar-refractivity contribution in [3.8, 4) is 11.1 Å². The smallest absolute Gasteiger partial charge is 0.331 e. The number of carbonyl (C=O) groups excluding carboxylic acids is 2. The summed E-state index contributed by atoms with van der Waals surface area (Å²) in [6.45, 7) is 1.38. The molecule has 1 aromatic heterocycles. The SMILES string of the molecule is CC(=O)O/N=C(\CCC1CCCCC1)c1ccc2c(c1)Cc1cc(C(=O)c3cc4ccccc4o3)ccc1-2. The molecule has 2 aliphatic carbocycles. The molecular weight excluding hydrogens is 474 g/mol. The molecule has 4 aromatic rings. The summed E-state index contributed by atoms with van der Waals surface area (Å²) in [5, 5.41) is 5.18. The molecule has 0 bridgehead atoms. The Morgan fingerprint density at radius 2 is 1.61 bits per heavy atom. The van der Waals surface area contributed by atoms with Crippen LogP contribution in [0.2, 0.25) is 0 Å². The monoisotopic (exact) mass is 505 g/mol. The molecule has 0 aliphatic heterocycles. The molecule has 192 valence electrons. The first kappa shape index (κ1) is 24.4. The predicted molar refractivity (Wildman–Crippen MR) is 148 cm³/mol. The standard InChI is InChI=1S/C33H31NO4/c1-21(35)38-34-30(16-11-22-7-3-2-4-8-22)23-12-14-28-26(17-23)19-27-18-25(13-15-29(27)28)33(36)32-20-24-9-5-6-10-31(24)37-32/h5-6,9-10,12-15,17-18,20,22H,2-4,7-8,11,16,19H2,1H3/b34-30+. The van der Waals surface area contributed by atoms with Gasteiger partial charge in [0, 0.05) is 17.9 Å². The minimum atomic E-state index is -0.407. The molecule has 6 rings (SSSR count). The van der Waals surface area contributed by atoms with Crippen LogP contribution >= 0.6 is 0 Å². The lowest BCUT2D eigenvalue weighted by Gasteiger charge is -2.21. The summed E-state index contributed by atoms with van der Waals surface area (Å²) in [6.07, 6.45) is 9.08. The van der Waals surface area contributed by atoms with Gasteiger partial charge >= 0.3 is 5.97 Å². The quantitative estimate of drug-likeness (QED) is 0.0977. The normalized spacial score (nSPS) is 15.3. The van der Waals surface area contributed by atoms with Gasteiger partial charge in [0.25, 0.3) is 0 Å². The Bertz CT molecular complexity index is 1520. The van der Waals surface area contributed by atoms with Gasteiger partial charge in [0.1, 0.15) is 5.58 Å². The number of nitrogens with zero attached hydrogens (tertiary/aromatic N) is 1. The second-order valence-electron chi connectivity index (χ2n) is 10.6. The topological polar surface area (TPSA) is 68.9 Å². The second-order valence-corrected chi connectivity index (χ2v) is 10.6. The summed E-state index contributed by atoms with van der Waals surface area (Å²) in [6, 6.07) is 21.7. The molecule has 1 fully saturated rings. The molecule has 38 heavy (non-hydrogen) atoms. The average Bonchev–Trinajstić information content (AvgIpc) is 3.53. The molecule has 3 aromatic carbocycles. The molecule has 1 heterocycles. The average molecular weight is 506 g/mol. The van der Waals surface area contributed by atoms with Crippen molar-refractivity contribution in [1.82, 2.24) is 0 Å². The van der Waals surface area contributed by atoms with Crippen molar-refractivity contribution in [3.63, 3.8) is 0 Å². The van der Waals surface area contributed by atoms with Gasteiger partial charge < -0.3 is 9.25 Å². The van der Waals surface area contributed by atoms with Gasteiger partial charge in [-0.15, -0.1) is 0 Å². The fourth-order valence-electron chi connectivity index (χ4n) is 5.95. The number of oxime groups is 1. The molecule has 0 unspecified atom stereocenters. The van der Waals surface area contributed by atoms with E-state index in [9.17, 15) is 9.59 Å². The Labute approximate surface area is 222 Å². The number of fused-ring (bicyclic) bond motifs is 4. The molecule has 0 saturated heterocycles. The van der Waals surface area contributed by atoms with Crippen molar-refractivity contribution in [2.24, 2.45) is 11.1 Å². The maximum Gasteiger partial charge on any atom is 0.331 e.